The third-order valence-corrected chi connectivity index (χ3v) is 6.34. The van der Waals surface area contributed by atoms with Crippen molar-refractivity contribution in [3.63, 3.8) is 0 Å². The molecule has 0 bridgehead atoms. The fraction of sp³-hybridized carbons (Fsp3) is 0.0400. The number of fused-ring (bicyclic) bond motifs is 1. The van der Waals surface area contributed by atoms with Gasteiger partial charge in [-0.2, -0.15) is 0 Å². The molecule has 2 N–H and O–H groups in total. The van der Waals surface area contributed by atoms with Crippen LogP contribution in [-0.4, -0.2) is 20.1 Å². The quantitative estimate of drug-likeness (QED) is 0.207. The molecule has 0 aliphatic carbocycles. The van der Waals surface area contributed by atoms with Gasteiger partial charge in [0.1, 0.15) is 10.7 Å². The van der Waals surface area contributed by atoms with Crippen molar-refractivity contribution < 1.29 is 9.72 Å². The van der Waals surface area contributed by atoms with Crippen LogP contribution in [0, 0.1) is 17.0 Å². The molecular formula is C25H18N4O3S. The summed E-state index contributed by atoms with van der Waals surface area (Å²) >= 11 is 1.38. The molecule has 7 nitrogen and oxygen atoms in total. The van der Waals surface area contributed by atoms with E-state index >= 15 is 0 Å². The number of hydrogen-bond acceptors (Lipinski definition) is 6. The smallest absolute Gasteiger partial charge is 0.270 e. The lowest BCUT2D eigenvalue weighted by molar-refractivity contribution is -0.384. The molecule has 0 saturated heterocycles. The van der Waals surface area contributed by atoms with Crippen LogP contribution >= 0.6 is 11.3 Å². The molecule has 0 fully saturated rings. The van der Waals surface area contributed by atoms with Gasteiger partial charge >= 0.3 is 0 Å². The van der Waals surface area contributed by atoms with Crippen molar-refractivity contribution >= 4 is 34.0 Å². The summed E-state index contributed by atoms with van der Waals surface area (Å²) in [6.45, 7) is 1.97. The predicted octanol–water partition coefficient (Wildman–Crippen LogP) is 5.76. The summed E-state index contributed by atoms with van der Waals surface area (Å²) in [4.78, 5) is 28.8. The average Bonchev–Trinajstić information content (AvgIpc) is 3.41. The second kappa shape index (κ2) is 7.99. The van der Waals surface area contributed by atoms with Crippen LogP contribution in [0.3, 0.4) is 0 Å². The summed E-state index contributed by atoms with van der Waals surface area (Å²) in [7, 11) is 0. The fourth-order valence-corrected chi connectivity index (χ4v) is 4.72. The van der Waals surface area contributed by atoms with Crippen molar-refractivity contribution in [1.29, 1.82) is 0 Å². The number of anilines is 1. The first kappa shape index (κ1) is 20.6. The van der Waals surface area contributed by atoms with Gasteiger partial charge in [-0.1, -0.05) is 48.0 Å². The van der Waals surface area contributed by atoms with Crippen molar-refractivity contribution in [2.45, 2.75) is 6.92 Å². The number of ketones is 1. The van der Waals surface area contributed by atoms with Crippen molar-refractivity contribution in [2.75, 3.05) is 5.73 Å². The molecule has 8 heteroatoms. The molecule has 0 atom stereocenters. The van der Waals surface area contributed by atoms with Gasteiger partial charge in [0.25, 0.3) is 5.69 Å². The van der Waals surface area contributed by atoms with Crippen molar-refractivity contribution in [3.05, 3.63) is 105 Å². The van der Waals surface area contributed by atoms with E-state index in [1.807, 2.05) is 48.8 Å². The molecule has 3 aromatic heterocycles. The van der Waals surface area contributed by atoms with Gasteiger partial charge in [-0.3, -0.25) is 14.9 Å². The highest BCUT2D eigenvalue weighted by Gasteiger charge is 2.25. The summed E-state index contributed by atoms with van der Waals surface area (Å²) in [6.07, 6.45) is 1.81. The SMILES string of the molecule is Cc1ccc(C(=O)c2c(N)c(-c3nc(-c4cccc([N+](=O)[O-])c4)cs3)c3ccccn23)cc1. The second-order valence-corrected chi connectivity index (χ2v) is 8.49. The van der Waals surface area contributed by atoms with Gasteiger partial charge in [-0.15, -0.1) is 11.3 Å². The molecular weight excluding hydrogens is 436 g/mol. The highest BCUT2D eigenvalue weighted by atomic mass is 32.1. The van der Waals surface area contributed by atoms with Gasteiger partial charge in [0.2, 0.25) is 5.78 Å². The van der Waals surface area contributed by atoms with E-state index in [1.165, 1.54) is 23.5 Å². The maximum atomic E-state index is 13.4. The Morgan fingerprint density at radius 3 is 2.64 bits per heavy atom. The molecule has 0 radical (unpaired) electrons. The van der Waals surface area contributed by atoms with Crippen LogP contribution in [0.15, 0.2) is 78.3 Å². The van der Waals surface area contributed by atoms with Crippen LogP contribution in [0.1, 0.15) is 21.6 Å². The third kappa shape index (κ3) is 3.56. The van der Waals surface area contributed by atoms with E-state index in [1.54, 1.807) is 28.7 Å². The average molecular weight is 455 g/mol. The number of hydrogen-bond donors (Lipinski definition) is 1. The fourth-order valence-electron chi connectivity index (χ4n) is 3.83. The second-order valence-electron chi connectivity index (χ2n) is 7.63. The molecule has 0 unspecified atom stereocenters. The Morgan fingerprint density at radius 2 is 1.88 bits per heavy atom. The number of carbonyl (C=O) groups excluding carboxylic acids is 1. The number of aryl methyl sites for hydroxylation is 1. The van der Waals surface area contributed by atoms with E-state index in [-0.39, 0.29) is 11.5 Å². The Hall–Kier alpha value is -4.30. The lowest BCUT2D eigenvalue weighted by Gasteiger charge is -2.04. The molecule has 0 amide bonds. The Labute approximate surface area is 192 Å². The van der Waals surface area contributed by atoms with Crippen molar-refractivity contribution in [2.24, 2.45) is 0 Å². The van der Waals surface area contributed by atoms with E-state index in [0.717, 1.165) is 11.1 Å². The number of aromatic nitrogens is 2. The largest absolute Gasteiger partial charge is 0.396 e. The first-order valence-electron chi connectivity index (χ1n) is 10.1. The molecule has 0 aliphatic rings. The Kier molecular flexibility index (Phi) is 4.99. The minimum atomic E-state index is -0.431. The number of nitrogens with zero attached hydrogens (tertiary/aromatic N) is 3. The number of nitro groups is 1. The molecule has 0 saturated carbocycles. The highest BCUT2D eigenvalue weighted by molar-refractivity contribution is 7.13. The lowest BCUT2D eigenvalue weighted by atomic mass is 10.1. The zero-order valence-corrected chi connectivity index (χ0v) is 18.4. The van der Waals surface area contributed by atoms with Crippen molar-refractivity contribution in [1.82, 2.24) is 9.38 Å². The number of pyridine rings is 1. The standard InChI is InChI=1S/C25H18N4O3S/c1-15-8-10-16(11-9-15)24(30)23-22(26)21(20-7-2-3-12-28(20)23)25-27-19(14-33-25)17-5-4-6-18(13-17)29(31)32/h2-14H,26H2,1H3. The molecule has 0 spiro atoms. The molecule has 162 valence electrons. The Morgan fingerprint density at radius 1 is 1.09 bits per heavy atom. The summed E-state index contributed by atoms with van der Waals surface area (Å²) in [5, 5.41) is 13.6. The normalized spacial score (nSPS) is 11.1. The Balaban J connectivity index is 1.64. The first-order chi connectivity index (χ1) is 15.9. The van der Waals surface area contributed by atoms with Crippen LogP contribution < -0.4 is 5.73 Å². The Bertz CT molecular complexity index is 1530. The topological polar surface area (TPSA) is 104 Å². The van der Waals surface area contributed by atoms with E-state index < -0.39 is 4.92 Å². The zero-order valence-electron chi connectivity index (χ0n) is 17.6. The van der Waals surface area contributed by atoms with Gasteiger partial charge in [-0.25, -0.2) is 4.98 Å². The first-order valence-corrected chi connectivity index (χ1v) is 11.0. The van der Waals surface area contributed by atoms with E-state index in [0.29, 0.717) is 38.8 Å². The van der Waals surface area contributed by atoms with Crippen LogP contribution in [-0.2, 0) is 0 Å². The summed E-state index contributed by atoms with van der Waals surface area (Å²) in [6, 6.07) is 19.3. The molecule has 2 aromatic carbocycles. The van der Waals surface area contributed by atoms with E-state index in [2.05, 4.69) is 0 Å². The van der Waals surface area contributed by atoms with E-state index in [4.69, 9.17) is 10.7 Å². The van der Waals surface area contributed by atoms with Gasteiger partial charge in [-0.05, 0) is 19.1 Å². The van der Waals surface area contributed by atoms with Crippen molar-refractivity contribution in [3.8, 4) is 21.8 Å². The number of nitrogens with two attached hydrogens (primary N) is 1. The number of carbonyl (C=O) groups is 1. The van der Waals surface area contributed by atoms with Gasteiger partial charge < -0.3 is 10.1 Å². The van der Waals surface area contributed by atoms with E-state index in [9.17, 15) is 14.9 Å². The molecule has 5 aromatic rings. The molecule has 5 rings (SSSR count). The number of nitro benzene ring substituents is 1. The van der Waals surface area contributed by atoms with Crippen LogP contribution in [0.5, 0.6) is 0 Å². The third-order valence-electron chi connectivity index (χ3n) is 5.48. The molecule has 3 heterocycles. The zero-order chi connectivity index (χ0) is 23.1. The minimum Gasteiger partial charge on any atom is -0.396 e. The predicted molar refractivity (Wildman–Crippen MR) is 130 cm³/mol. The summed E-state index contributed by atoms with van der Waals surface area (Å²) in [5.74, 6) is -0.171. The van der Waals surface area contributed by atoms with Gasteiger partial charge in [0.05, 0.1) is 27.4 Å². The maximum absolute atomic E-state index is 13.4. The van der Waals surface area contributed by atoms with Crippen LogP contribution in [0.4, 0.5) is 11.4 Å². The van der Waals surface area contributed by atoms with Gasteiger partial charge in [0, 0.05) is 34.8 Å². The summed E-state index contributed by atoms with van der Waals surface area (Å²) in [5.41, 5.74) is 11.6. The van der Waals surface area contributed by atoms with Crippen LogP contribution in [0.25, 0.3) is 27.3 Å². The number of nitrogen functional groups attached to an aromatic ring is 1. The number of rotatable bonds is 5. The number of benzene rings is 2. The number of thiazole rings is 1. The number of non-ortho nitro benzene ring substituents is 1. The summed E-state index contributed by atoms with van der Waals surface area (Å²) < 4.78 is 1.79. The lowest BCUT2D eigenvalue weighted by Crippen LogP contribution is -2.08. The molecule has 0 aliphatic heterocycles. The highest BCUT2D eigenvalue weighted by Crippen LogP contribution is 2.39. The maximum Gasteiger partial charge on any atom is 0.270 e. The van der Waals surface area contributed by atoms with Crippen LogP contribution in [0.2, 0.25) is 0 Å². The minimum absolute atomic E-state index is 0.00172. The van der Waals surface area contributed by atoms with Gasteiger partial charge in [0.15, 0.2) is 0 Å². The molecule has 33 heavy (non-hydrogen) atoms. The monoisotopic (exact) mass is 454 g/mol.